The molecule has 2 aromatic rings. The number of hydrogen-bond acceptors (Lipinski definition) is 7. The molecule has 0 radical (unpaired) electrons. The summed E-state index contributed by atoms with van der Waals surface area (Å²) in [6.07, 6.45) is 2.96. The van der Waals surface area contributed by atoms with Gasteiger partial charge in [0, 0.05) is 11.6 Å². The van der Waals surface area contributed by atoms with E-state index in [4.69, 9.17) is 9.47 Å². The number of amides is 1. The number of benzene rings is 1. The Kier molecular flexibility index (Phi) is 6.13. The van der Waals surface area contributed by atoms with Crippen LogP contribution in [-0.4, -0.2) is 38.2 Å². The SMILES string of the molecule is COC(=O)c1sc(NC(=O)C=Cc2cc(OC)ccc2OC)nc1C. The van der Waals surface area contributed by atoms with Crippen LogP contribution in [0.3, 0.4) is 0 Å². The molecule has 0 aliphatic carbocycles. The largest absolute Gasteiger partial charge is 0.497 e. The number of methoxy groups -OCH3 is 3. The summed E-state index contributed by atoms with van der Waals surface area (Å²) in [6, 6.07) is 5.28. The highest BCUT2D eigenvalue weighted by atomic mass is 32.1. The fraction of sp³-hybridized carbons (Fsp3) is 0.235. The predicted molar refractivity (Wildman–Crippen MR) is 95.4 cm³/mol. The molecule has 0 unspecified atom stereocenters. The number of ether oxygens (including phenoxy) is 3. The molecule has 1 aromatic carbocycles. The summed E-state index contributed by atoms with van der Waals surface area (Å²) in [4.78, 5) is 28.2. The van der Waals surface area contributed by atoms with E-state index in [1.165, 1.54) is 13.2 Å². The van der Waals surface area contributed by atoms with E-state index in [1.54, 1.807) is 45.4 Å². The van der Waals surface area contributed by atoms with Crippen LogP contribution >= 0.6 is 11.3 Å². The van der Waals surface area contributed by atoms with Gasteiger partial charge in [-0.1, -0.05) is 11.3 Å². The van der Waals surface area contributed by atoms with Crippen molar-refractivity contribution in [2.45, 2.75) is 6.92 Å². The van der Waals surface area contributed by atoms with Crippen molar-refractivity contribution in [1.82, 2.24) is 4.98 Å². The first kappa shape index (κ1) is 18.5. The third-order valence-electron chi connectivity index (χ3n) is 3.25. The van der Waals surface area contributed by atoms with Gasteiger partial charge in [0.15, 0.2) is 5.13 Å². The molecule has 1 amide bonds. The lowest BCUT2D eigenvalue weighted by Gasteiger charge is -2.07. The highest BCUT2D eigenvalue weighted by molar-refractivity contribution is 7.17. The van der Waals surface area contributed by atoms with Crippen molar-refractivity contribution in [1.29, 1.82) is 0 Å². The molecule has 2 rings (SSSR count). The predicted octanol–water partition coefficient (Wildman–Crippen LogP) is 2.91. The van der Waals surface area contributed by atoms with Gasteiger partial charge in [-0.15, -0.1) is 0 Å². The number of esters is 1. The topological polar surface area (TPSA) is 86.8 Å². The van der Waals surface area contributed by atoms with Gasteiger partial charge < -0.3 is 14.2 Å². The number of hydrogen-bond donors (Lipinski definition) is 1. The molecule has 0 saturated carbocycles. The third-order valence-corrected chi connectivity index (χ3v) is 4.30. The van der Waals surface area contributed by atoms with Crippen LogP contribution < -0.4 is 14.8 Å². The smallest absolute Gasteiger partial charge is 0.350 e. The third kappa shape index (κ3) is 4.57. The van der Waals surface area contributed by atoms with Crippen molar-refractivity contribution >= 4 is 34.4 Å². The summed E-state index contributed by atoms with van der Waals surface area (Å²) in [7, 11) is 4.40. The Balaban J connectivity index is 2.12. The van der Waals surface area contributed by atoms with Crippen molar-refractivity contribution in [3.8, 4) is 11.5 Å². The van der Waals surface area contributed by atoms with Crippen molar-refractivity contribution < 1.29 is 23.8 Å². The molecule has 0 spiro atoms. The Labute approximate surface area is 149 Å². The van der Waals surface area contributed by atoms with E-state index < -0.39 is 5.97 Å². The summed E-state index contributed by atoms with van der Waals surface area (Å²) < 4.78 is 15.1. The number of carbonyl (C=O) groups excluding carboxylic acids is 2. The minimum Gasteiger partial charge on any atom is -0.497 e. The van der Waals surface area contributed by atoms with Crippen LogP contribution in [0.5, 0.6) is 11.5 Å². The van der Waals surface area contributed by atoms with E-state index in [0.717, 1.165) is 11.3 Å². The lowest BCUT2D eigenvalue weighted by molar-refractivity contribution is -0.111. The van der Waals surface area contributed by atoms with Crippen LogP contribution in [0.4, 0.5) is 5.13 Å². The highest BCUT2D eigenvalue weighted by Gasteiger charge is 2.16. The van der Waals surface area contributed by atoms with Crippen LogP contribution in [-0.2, 0) is 9.53 Å². The number of carbonyl (C=O) groups is 2. The lowest BCUT2D eigenvalue weighted by atomic mass is 10.1. The Hall–Kier alpha value is -2.87. The Bertz CT molecular complexity index is 813. The van der Waals surface area contributed by atoms with Gasteiger partial charge in [0.05, 0.1) is 27.0 Å². The molecule has 1 aromatic heterocycles. The first-order valence-corrected chi connectivity index (χ1v) is 8.07. The second-order valence-electron chi connectivity index (χ2n) is 4.86. The normalized spacial score (nSPS) is 10.6. The maximum absolute atomic E-state index is 12.1. The summed E-state index contributed by atoms with van der Waals surface area (Å²) >= 11 is 1.06. The van der Waals surface area contributed by atoms with Crippen molar-refractivity contribution in [3.05, 3.63) is 40.4 Å². The van der Waals surface area contributed by atoms with Gasteiger partial charge in [0.1, 0.15) is 16.4 Å². The summed E-state index contributed by atoms with van der Waals surface area (Å²) in [5.41, 5.74) is 1.20. The Morgan fingerprint density at radius 1 is 1.20 bits per heavy atom. The van der Waals surface area contributed by atoms with Gasteiger partial charge in [-0.05, 0) is 31.2 Å². The van der Waals surface area contributed by atoms with Gasteiger partial charge in [0.2, 0.25) is 5.91 Å². The molecule has 25 heavy (non-hydrogen) atoms. The van der Waals surface area contributed by atoms with E-state index >= 15 is 0 Å². The Morgan fingerprint density at radius 3 is 2.60 bits per heavy atom. The average molecular weight is 362 g/mol. The average Bonchev–Trinajstić information content (AvgIpc) is 2.98. The van der Waals surface area contributed by atoms with Crippen LogP contribution in [0.2, 0.25) is 0 Å². The lowest BCUT2D eigenvalue weighted by Crippen LogP contribution is -2.07. The number of aryl methyl sites for hydroxylation is 1. The van der Waals surface area contributed by atoms with Crippen molar-refractivity contribution in [2.75, 3.05) is 26.6 Å². The molecule has 8 heteroatoms. The second-order valence-corrected chi connectivity index (χ2v) is 5.85. The van der Waals surface area contributed by atoms with Gasteiger partial charge in [-0.3, -0.25) is 10.1 Å². The van der Waals surface area contributed by atoms with Crippen LogP contribution in [0.15, 0.2) is 24.3 Å². The van der Waals surface area contributed by atoms with Crippen LogP contribution in [0.25, 0.3) is 6.08 Å². The minimum atomic E-state index is -0.479. The van der Waals surface area contributed by atoms with E-state index in [0.29, 0.717) is 32.8 Å². The summed E-state index contributed by atoms with van der Waals surface area (Å²) in [5, 5.41) is 2.94. The molecule has 0 fully saturated rings. The fourth-order valence-corrected chi connectivity index (χ4v) is 2.90. The monoisotopic (exact) mass is 362 g/mol. The fourth-order valence-electron chi connectivity index (χ4n) is 2.01. The molecule has 132 valence electrons. The van der Waals surface area contributed by atoms with E-state index in [9.17, 15) is 9.59 Å². The van der Waals surface area contributed by atoms with Gasteiger partial charge >= 0.3 is 5.97 Å². The van der Waals surface area contributed by atoms with E-state index in [-0.39, 0.29) is 5.91 Å². The molecule has 7 nitrogen and oxygen atoms in total. The molecule has 1 heterocycles. The quantitative estimate of drug-likeness (QED) is 0.628. The number of aromatic nitrogens is 1. The first-order valence-electron chi connectivity index (χ1n) is 7.25. The number of rotatable bonds is 6. The number of anilines is 1. The van der Waals surface area contributed by atoms with Gasteiger partial charge in [-0.2, -0.15) is 0 Å². The van der Waals surface area contributed by atoms with E-state index in [2.05, 4.69) is 15.0 Å². The summed E-state index contributed by atoms with van der Waals surface area (Å²) in [5.74, 6) is 0.407. The molecular formula is C17H18N2O5S. The van der Waals surface area contributed by atoms with Crippen molar-refractivity contribution in [3.63, 3.8) is 0 Å². The standard InChI is InChI=1S/C17H18N2O5S/c1-10-15(16(21)24-4)25-17(18-10)19-14(20)8-5-11-9-12(22-2)6-7-13(11)23-3/h5-9H,1-4H3,(H,18,19,20). The molecule has 0 aliphatic heterocycles. The molecule has 0 bridgehead atoms. The molecule has 0 saturated heterocycles. The molecule has 1 N–H and O–H groups in total. The second kappa shape index (κ2) is 8.29. The van der Waals surface area contributed by atoms with Gasteiger partial charge in [0.25, 0.3) is 0 Å². The maximum Gasteiger partial charge on any atom is 0.350 e. The highest BCUT2D eigenvalue weighted by Crippen LogP contribution is 2.26. The zero-order valence-electron chi connectivity index (χ0n) is 14.3. The molecule has 0 aliphatic rings. The van der Waals surface area contributed by atoms with Crippen LogP contribution in [0.1, 0.15) is 20.9 Å². The maximum atomic E-state index is 12.1. The zero-order chi connectivity index (χ0) is 18.4. The number of thiazole rings is 1. The van der Waals surface area contributed by atoms with Crippen LogP contribution in [0, 0.1) is 6.92 Å². The Morgan fingerprint density at radius 2 is 1.96 bits per heavy atom. The van der Waals surface area contributed by atoms with E-state index in [1.807, 2.05) is 0 Å². The number of nitrogens with one attached hydrogen (secondary N) is 1. The molecule has 0 atom stereocenters. The van der Waals surface area contributed by atoms with Crippen molar-refractivity contribution in [2.24, 2.45) is 0 Å². The zero-order valence-corrected chi connectivity index (χ0v) is 15.1. The summed E-state index contributed by atoms with van der Waals surface area (Å²) in [6.45, 7) is 1.68. The minimum absolute atomic E-state index is 0.324. The first-order chi connectivity index (χ1) is 12.0. The molecular weight excluding hydrogens is 344 g/mol. The number of nitrogens with zero attached hydrogens (tertiary/aromatic N) is 1. The van der Waals surface area contributed by atoms with Gasteiger partial charge in [-0.25, -0.2) is 9.78 Å².